The summed E-state index contributed by atoms with van der Waals surface area (Å²) in [7, 11) is 2.90. The third-order valence-electron chi connectivity index (χ3n) is 3.71. The van der Waals surface area contributed by atoms with Gasteiger partial charge in [0.15, 0.2) is 6.29 Å². The molecule has 0 aliphatic heterocycles. The number of ketones is 1. The fraction of sp³-hybridized carbons (Fsp3) is 0.389. The highest BCUT2D eigenvalue weighted by Crippen LogP contribution is 2.24. The first-order valence-electron chi connectivity index (χ1n) is 7.99. The molecule has 2 aromatic rings. The molecule has 2 rings (SSSR count). The van der Waals surface area contributed by atoms with Crippen molar-refractivity contribution < 1.29 is 27.9 Å². The minimum Gasteiger partial charge on any atom is -0.441 e. The van der Waals surface area contributed by atoms with Crippen molar-refractivity contribution in [2.45, 2.75) is 26.1 Å². The van der Waals surface area contributed by atoms with Crippen LogP contribution < -0.4 is 5.32 Å². The van der Waals surface area contributed by atoms with Gasteiger partial charge in [-0.3, -0.25) is 9.59 Å². The van der Waals surface area contributed by atoms with Gasteiger partial charge in [0.2, 0.25) is 11.8 Å². The number of ether oxygens (including phenoxy) is 2. The summed E-state index contributed by atoms with van der Waals surface area (Å²) in [5.41, 5.74) is 0.602. The fourth-order valence-corrected chi connectivity index (χ4v) is 2.29. The second-order valence-corrected chi connectivity index (χ2v) is 5.60. The van der Waals surface area contributed by atoms with E-state index in [1.807, 2.05) is 0 Å². The maximum absolute atomic E-state index is 13.8. The summed E-state index contributed by atoms with van der Waals surface area (Å²) in [6.07, 6.45) is -0.952. The summed E-state index contributed by atoms with van der Waals surface area (Å²) in [4.78, 5) is 28.1. The van der Waals surface area contributed by atoms with Gasteiger partial charge in [0.05, 0.1) is 30.6 Å². The van der Waals surface area contributed by atoms with Crippen molar-refractivity contribution in [3.8, 4) is 11.5 Å². The molecule has 0 unspecified atom stereocenters. The molecule has 140 valence electrons. The molecule has 0 saturated carbocycles. The van der Waals surface area contributed by atoms with Crippen LogP contribution >= 0.6 is 0 Å². The molecule has 0 radical (unpaired) electrons. The number of aromatic nitrogens is 1. The predicted octanol–water partition coefficient (Wildman–Crippen LogP) is 2.03. The standard InChI is InChI=1S/C18H21FN2O5/c1-11-15(21-18(26-11)13-6-4-5-7-14(13)19)8-12(22)9-16(23)20-10-17(24-2)25-3/h4-7,17H,8-10H2,1-3H3,(H,20,23). The third kappa shape index (κ3) is 5.21. The van der Waals surface area contributed by atoms with Gasteiger partial charge in [-0.2, -0.15) is 0 Å². The van der Waals surface area contributed by atoms with Crippen LogP contribution in [0.5, 0.6) is 0 Å². The number of carbonyl (C=O) groups excluding carboxylic acids is 2. The zero-order valence-corrected chi connectivity index (χ0v) is 14.9. The summed E-state index contributed by atoms with van der Waals surface area (Å²) in [5.74, 6) is -0.710. The highest BCUT2D eigenvalue weighted by atomic mass is 19.1. The van der Waals surface area contributed by atoms with Crippen LogP contribution in [0.2, 0.25) is 0 Å². The number of carbonyl (C=O) groups is 2. The highest BCUT2D eigenvalue weighted by molar-refractivity contribution is 5.98. The lowest BCUT2D eigenvalue weighted by Crippen LogP contribution is -2.35. The van der Waals surface area contributed by atoms with Gasteiger partial charge in [0, 0.05) is 14.2 Å². The van der Waals surface area contributed by atoms with E-state index in [2.05, 4.69) is 10.3 Å². The number of nitrogens with one attached hydrogen (secondary N) is 1. The largest absolute Gasteiger partial charge is 0.441 e. The van der Waals surface area contributed by atoms with E-state index in [1.165, 1.54) is 20.3 Å². The van der Waals surface area contributed by atoms with E-state index >= 15 is 0 Å². The Bertz CT molecular complexity index is 771. The molecule has 0 spiro atoms. The topological polar surface area (TPSA) is 90.7 Å². The second kappa shape index (κ2) is 9.21. The fourth-order valence-electron chi connectivity index (χ4n) is 2.29. The van der Waals surface area contributed by atoms with Crippen molar-refractivity contribution in [3.05, 3.63) is 41.5 Å². The van der Waals surface area contributed by atoms with Crippen molar-refractivity contribution in [1.82, 2.24) is 10.3 Å². The molecular formula is C18H21FN2O5. The number of Topliss-reactive ketones (excluding diaryl/α,β-unsaturated/α-hetero) is 1. The Labute approximate surface area is 150 Å². The number of aryl methyl sites for hydroxylation is 1. The molecule has 1 aromatic heterocycles. The smallest absolute Gasteiger partial charge is 0.229 e. The molecule has 0 aliphatic carbocycles. The summed E-state index contributed by atoms with van der Waals surface area (Å²) in [5, 5.41) is 2.55. The Morgan fingerprint density at radius 1 is 1.27 bits per heavy atom. The van der Waals surface area contributed by atoms with Gasteiger partial charge in [0.1, 0.15) is 17.4 Å². The molecule has 0 fully saturated rings. The van der Waals surface area contributed by atoms with Gasteiger partial charge in [-0.05, 0) is 19.1 Å². The number of methoxy groups -OCH3 is 2. The minimum atomic E-state index is -0.574. The number of amides is 1. The van der Waals surface area contributed by atoms with E-state index in [0.717, 1.165) is 0 Å². The quantitative estimate of drug-likeness (QED) is 0.541. The predicted molar refractivity (Wildman–Crippen MR) is 90.8 cm³/mol. The van der Waals surface area contributed by atoms with Crippen LogP contribution in [-0.4, -0.2) is 43.7 Å². The Morgan fingerprint density at radius 3 is 2.62 bits per heavy atom. The number of oxazole rings is 1. The maximum atomic E-state index is 13.8. The lowest BCUT2D eigenvalue weighted by molar-refractivity contribution is -0.131. The Kier molecular flexibility index (Phi) is 6.99. The Hall–Kier alpha value is -2.58. The molecule has 1 aromatic carbocycles. The summed E-state index contributed by atoms with van der Waals surface area (Å²) in [6, 6.07) is 6.08. The minimum absolute atomic E-state index is 0.0742. The second-order valence-electron chi connectivity index (χ2n) is 5.60. The summed E-state index contributed by atoms with van der Waals surface area (Å²) in [6.45, 7) is 1.78. The van der Waals surface area contributed by atoms with Crippen LogP contribution in [0.15, 0.2) is 28.7 Å². The molecule has 8 heteroatoms. The van der Waals surface area contributed by atoms with E-state index < -0.39 is 18.0 Å². The van der Waals surface area contributed by atoms with Crippen LogP contribution in [0.25, 0.3) is 11.5 Å². The Balaban J connectivity index is 1.95. The molecule has 0 bridgehead atoms. The van der Waals surface area contributed by atoms with Crippen LogP contribution in [0.1, 0.15) is 17.9 Å². The molecule has 1 heterocycles. The van der Waals surface area contributed by atoms with Crippen molar-refractivity contribution in [3.63, 3.8) is 0 Å². The number of hydrogen-bond donors (Lipinski definition) is 1. The van der Waals surface area contributed by atoms with Crippen molar-refractivity contribution in [1.29, 1.82) is 0 Å². The van der Waals surface area contributed by atoms with Crippen molar-refractivity contribution >= 4 is 11.7 Å². The van der Waals surface area contributed by atoms with Crippen LogP contribution in [-0.2, 0) is 25.5 Å². The average molecular weight is 364 g/mol. The van der Waals surface area contributed by atoms with Gasteiger partial charge in [-0.15, -0.1) is 0 Å². The molecular weight excluding hydrogens is 343 g/mol. The van der Waals surface area contributed by atoms with E-state index in [0.29, 0.717) is 11.5 Å². The molecule has 26 heavy (non-hydrogen) atoms. The number of nitrogens with zero attached hydrogens (tertiary/aromatic N) is 1. The zero-order chi connectivity index (χ0) is 19.1. The van der Waals surface area contributed by atoms with Crippen molar-refractivity contribution in [2.75, 3.05) is 20.8 Å². The van der Waals surface area contributed by atoms with E-state index in [-0.39, 0.29) is 36.6 Å². The lowest BCUT2D eigenvalue weighted by Gasteiger charge is -2.13. The number of halogens is 1. The van der Waals surface area contributed by atoms with E-state index in [4.69, 9.17) is 13.9 Å². The maximum Gasteiger partial charge on any atom is 0.229 e. The van der Waals surface area contributed by atoms with Gasteiger partial charge in [-0.25, -0.2) is 9.37 Å². The first kappa shape index (κ1) is 19.7. The molecule has 1 N–H and O–H groups in total. The van der Waals surface area contributed by atoms with E-state index in [1.54, 1.807) is 25.1 Å². The van der Waals surface area contributed by atoms with Gasteiger partial charge in [0.25, 0.3) is 0 Å². The third-order valence-corrected chi connectivity index (χ3v) is 3.71. The van der Waals surface area contributed by atoms with Crippen LogP contribution in [0.3, 0.4) is 0 Å². The monoisotopic (exact) mass is 364 g/mol. The molecule has 7 nitrogen and oxygen atoms in total. The zero-order valence-electron chi connectivity index (χ0n) is 14.9. The number of rotatable bonds is 9. The first-order valence-corrected chi connectivity index (χ1v) is 7.99. The molecule has 1 amide bonds. The summed E-state index contributed by atoms with van der Waals surface area (Å²) < 4.78 is 29.2. The lowest BCUT2D eigenvalue weighted by atomic mass is 10.1. The van der Waals surface area contributed by atoms with Gasteiger partial charge >= 0.3 is 0 Å². The van der Waals surface area contributed by atoms with Crippen molar-refractivity contribution in [2.24, 2.45) is 0 Å². The average Bonchev–Trinajstić information content (AvgIpc) is 2.96. The first-order chi connectivity index (χ1) is 12.4. The number of benzene rings is 1. The number of hydrogen-bond acceptors (Lipinski definition) is 6. The van der Waals surface area contributed by atoms with Gasteiger partial charge in [-0.1, -0.05) is 12.1 Å². The molecule has 0 saturated heterocycles. The van der Waals surface area contributed by atoms with Gasteiger partial charge < -0.3 is 19.2 Å². The van der Waals surface area contributed by atoms with E-state index in [9.17, 15) is 14.0 Å². The highest BCUT2D eigenvalue weighted by Gasteiger charge is 2.18. The van der Waals surface area contributed by atoms with Crippen LogP contribution in [0.4, 0.5) is 4.39 Å². The SMILES string of the molecule is COC(CNC(=O)CC(=O)Cc1nc(-c2ccccc2F)oc1C)OC. The molecule has 0 aliphatic rings. The normalized spacial score (nSPS) is 11.0. The Morgan fingerprint density at radius 2 is 1.96 bits per heavy atom. The molecule has 0 atom stereocenters. The summed E-state index contributed by atoms with van der Waals surface area (Å²) >= 11 is 0. The van der Waals surface area contributed by atoms with Crippen LogP contribution in [0, 0.1) is 12.7 Å².